The largest absolute Gasteiger partial charge is 0.496 e. The van der Waals surface area contributed by atoms with Crippen LogP contribution in [-0.2, 0) is 6.54 Å². The number of methoxy groups -OCH3 is 1. The summed E-state index contributed by atoms with van der Waals surface area (Å²) in [6.45, 7) is 8.10. The van der Waals surface area contributed by atoms with E-state index in [1.165, 1.54) is 0 Å². The smallest absolute Gasteiger partial charge is 0.128 e. The summed E-state index contributed by atoms with van der Waals surface area (Å²) < 4.78 is 5.39. The van der Waals surface area contributed by atoms with Gasteiger partial charge in [-0.3, -0.25) is 4.98 Å². The zero-order chi connectivity index (χ0) is 12.8. The Morgan fingerprint density at radius 1 is 1.47 bits per heavy atom. The summed E-state index contributed by atoms with van der Waals surface area (Å²) >= 11 is 1.87. The maximum atomic E-state index is 5.39. The van der Waals surface area contributed by atoms with E-state index < -0.39 is 0 Å². The van der Waals surface area contributed by atoms with Gasteiger partial charge in [0.1, 0.15) is 5.75 Å². The average molecular weight is 254 g/mol. The van der Waals surface area contributed by atoms with Crippen molar-refractivity contribution in [1.29, 1.82) is 0 Å². The number of ether oxygens (including phenoxy) is 1. The second-order valence-electron chi connectivity index (χ2n) is 4.22. The Kier molecular flexibility index (Phi) is 5.78. The van der Waals surface area contributed by atoms with Gasteiger partial charge in [0.15, 0.2) is 0 Å². The Bertz CT molecular complexity index is 369. The van der Waals surface area contributed by atoms with E-state index in [4.69, 9.17) is 4.74 Å². The van der Waals surface area contributed by atoms with Crippen LogP contribution in [0.5, 0.6) is 5.75 Å². The molecule has 1 N–H and O–H groups in total. The number of rotatable bonds is 6. The minimum atomic E-state index is 0.627. The van der Waals surface area contributed by atoms with Gasteiger partial charge in [-0.25, -0.2) is 0 Å². The number of hydrogen-bond donors (Lipinski definition) is 1. The molecule has 1 heterocycles. The first-order valence-corrected chi connectivity index (χ1v) is 7.11. The third-order valence-electron chi connectivity index (χ3n) is 2.88. The van der Waals surface area contributed by atoms with Gasteiger partial charge in [0.25, 0.3) is 0 Å². The van der Waals surface area contributed by atoms with E-state index in [0.29, 0.717) is 5.25 Å². The first kappa shape index (κ1) is 14.3. The summed E-state index contributed by atoms with van der Waals surface area (Å²) in [5.74, 6) is 0.953. The second kappa shape index (κ2) is 6.87. The summed E-state index contributed by atoms with van der Waals surface area (Å²) in [4.78, 5) is 4.46. The molecule has 0 saturated carbocycles. The van der Waals surface area contributed by atoms with Crippen LogP contribution in [0.25, 0.3) is 0 Å². The fourth-order valence-corrected chi connectivity index (χ4v) is 2.01. The molecule has 1 unspecified atom stereocenters. The fraction of sp³-hybridized carbons (Fsp3) is 0.615. The van der Waals surface area contributed by atoms with E-state index in [1.807, 2.05) is 24.9 Å². The maximum Gasteiger partial charge on any atom is 0.128 e. The van der Waals surface area contributed by atoms with Gasteiger partial charge in [0, 0.05) is 35.7 Å². The molecule has 3 nitrogen and oxygen atoms in total. The van der Waals surface area contributed by atoms with Gasteiger partial charge in [-0.15, -0.1) is 0 Å². The number of aromatic nitrogens is 1. The van der Waals surface area contributed by atoms with E-state index >= 15 is 0 Å². The minimum Gasteiger partial charge on any atom is -0.496 e. The molecule has 0 aromatic carbocycles. The van der Waals surface area contributed by atoms with Crippen LogP contribution in [-0.4, -0.2) is 30.1 Å². The highest BCUT2D eigenvalue weighted by molar-refractivity contribution is 7.99. The molecule has 0 saturated heterocycles. The molecule has 0 fully saturated rings. The van der Waals surface area contributed by atoms with Crippen molar-refractivity contribution >= 4 is 11.8 Å². The minimum absolute atomic E-state index is 0.627. The van der Waals surface area contributed by atoms with Gasteiger partial charge in [0.05, 0.1) is 12.8 Å². The lowest BCUT2D eigenvalue weighted by molar-refractivity contribution is 0.406. The van der Waals surface area contributed by atoms with Crippen LogP contribution in [0, 0.1) is 13.8 Å². The first-order valence-electron chi connectivity index (χ1n) is 5.82. The lowest BCUT2D eigenvalue weighted by Crippen LogP contribution is -2.23. The van der Waals surface area contributed by atoms with Crippen LogP contribution in [0.2, 0.25) is 0 Å². The van der Waals surface area contributed by atoms with E-state index in [-0.39, 0.29) is 0 Å². The zero-order valence-electron chi connectivity index (χ0n) is 11.3. The van der Waals surface area contributed by atoms with Gasteiger partial charge < -0.3 is 10.1 Å². The molecule has 1 rings (SSSR count). The van der Waals surface area contributed by atoms with E-state index in [9.17, 15) is 0 Å². The summed E-state index contributed by atoms with van der Waals surface area (Å²) in [6, 6.07) is 0. The molecule has 0 bridgehead atoms. The monoisotopic (exact) mass is 254 g/mol. The second-order valence-corrected chi connectivity index (χ2v) is 5.50. The van der Waals surface area contributed by atoms with Crippen molar-refractivity contribution in [2.24, 2.45) is 0 Å². The number of nitrogens with zero attached hydrogens (tertiary/aromatic N) is 1. The van der Waals surface area contributed by atoms with E-state index in [2.05, 4.69) is 30.4 Å². The molecule has 1 atom stereocenters. The van der Waals surface area contributed by atoms with Crippen molar-refractivity contribution in [2.45, 2.75) is 32.6 Å². The molecular weight excluding hydrogens is 232 g/mol. The molecule has 4 heteroatoms. The summed E-state index contributed by atoms with van der Waals surface area (Å²) in [5.41, 5.74) is 3.30. The van der Waals surface area contributed by atoms with E-state index in [1.54, 1.807) is 7.11 Å². The zero-order valence-corrected chi connectivity index (χ0v) is 12.1. The molecule has 96 valence electrons. The Balaban J connectivity index is 2.66. The van der Waals surface area contributed by atoms with Gasteiger partial charge in [0.2, 0.25) is 0 Å². The van der Waals surface area contributed by atoms with Crippen molar-refractivity contribution in [3.63, 3.8) is 0 Å². The van der Waals surface area contributed by atoms with Gasteiger partial charge in [-0.2, -0.15) is 11.8 Å². The Hall–Kier alpha value is -0.740. The summed E-state index contributed by atoms with van der Waals surface area (Å²) in [5, 5.41) is 4.05. The van der Waals surface area contributed by atoms with Crippen molar-refractivity contribution in [3.05, 3.63) is 23.0 Å². The third kappa shape index (κ3) is 3.89. The molecule has 0 aliphatic carbocycles. The molecule has 1 aromatic rings. The first-order chi connectivity index (χ1) is 8.10. The van der Waals surface area contributed by atoms with Crippen molar-refractivity contribution in [1.82, 2.24) is 10.3 Å². The van der Waals surface area contributed by atoms with Crippen LogP contribution < -0.4 is 10.1 Å². The molecule has 0 amide bonds. The average Bonchev–Trinajstić information content (AvgIpc) is 2.32. The van der Waals surface area contributed by atoms with Crippen LogP contribution >= 0.6 is 11.8 Å². The van der Waals surface area contributed by atoms with Gasteiger partial charge >= 0.3 is 0 Å². The lowest BCUT2D eigenvalue weighted by Gasteiger charge is -2.14. The highest BCUT2D eigenvalue weighted by Crippen LogP contribution is 2.23. The molecule has 0 aliphatic heterocycles. The number of pyridine rings is 1. The van der Waals surface area contributed by atoms with Crippen LogP contribution in [0.15, 0.2) is 6.20 Å². The third-order valence-corrected chi connectivity index (χ3v) is 3.85. The summed E-state index contributed by atoms with van der Waals surface area (Å²) in [6.07, 6.45) is 4.01. The number of thioether (sulfide) groups is 1. The van der Waals surface area contributed by atoms with Crippen molar-refractivity contribution < 1.29 is 4.74 Å². The molecular formula is C13H22N2OS. The number of hydrogen-bond acceptors (Lipinski definition) is 4. The normalized spacial score (nSPS) is 12.5. The fourth-order valence-electron chi connectivity index (χ4n) is 1.73. The summed E-state index contributed by atoms with van der Waals surface area (Å²) in [7, 11) is 1.71. The van der Waals surface area contributed by atoms with Crippen LogP contribution in [0.1, 0.15) is 23.7 Å². The van der Waals surface area contributed by atoms with Crippen LogP contribution in [0.3, 0.4) is 0 Å². The Morgan fingerprint density at radius 2 is 2.18 bits per heavy atom. The van der Waals surface area contributed by atoms with Crippen molar-refractivity contribution in [2.75, 3.05) is 19.9 Å². The predicted octanol–water partition coefficient (Wildman–Crippen LogP) is 2.55. The molecule has 0 radical (unpaired) electrons. The topological polar surface area (TPSA) is 34.1 Å². The Labute approximate surface area is 108 Å². The van der Waals surface area contributed by atoms with Gasteiger partial charge in [-0.05, 0) is 20.1 Å². The molecule has 17 heavy (non-hydrogen) atoms. The lowest BCUT2D eigenvalue weighted by atomic mass is 10.1. The molecule has 1 aromatic heterocycles. The van der Waals surface area contributed by atoms with Gasteiger partial charge in [-0.1, -0.05) is 6.92 Å². The van der Waals surface area contributed by atoms with E-state index in [0.717, 1.165) is 35.7 Å². The number of aryl methyl sites for hydroxylation is 1. The quantitative estimate of drug-likeness (QED) is 0.846. The molecule has 0 spiro atoms. The Morgan fingerprint density at radius 3 is 2.76 bits per heavy atom. The molecule has 0 aliphatic rings. The maximum absolute atomic E-state index is 5.39. The standard InChI is InChI=1S/C13H22N2OS/c1-9-6-15-12(11(3)13(9)16-4)8-14-7-10(2)17-5/h6,10,14H,7-8H2,1-5H3. The predicted molar refractivity (Wildman–Crippen MR) is 74.9 cm³/mol. The van der Waals surface area contributed by atoms with Crippen molar-refractivity contribution in [3.8, 4) is 5.75 Å². The highest BCUT2D eigenvalue weighted by atomic mass is 32.2. The van der Waals surface area contributed by atoms with Crippen LogP contribution in [0.4, 0.5) is 0 Å². The highest BCUT2D eigenvalue weighted by Gasteiger charge is 2.09. The number of nitrogens with one attached hydrogen (secondary N) is 1. The SMILES string of the molecule is COc1c(C)cnc(CNCC(C)SC)c1C.